The summed E-state index contributed by atoms with van der Waals surface area (Å²) >= 11 is 0. The molecule has 1 unspecified atom stereocenters. The molecule has 0 heterocycles. The summed E-state index contributed by atoms with van der Waals surface area (Å²) in [4.78, 5) is 14.0. The Balaban J connectivity index is 2.62. The molecule has 0 radical (unpaired) electrons. The van der Waals surface area contributed by atoms with Gasteiger partial charge in [-0.1, -0.05) is 6.07 Å². The molecule has 1 amide bonds. The standard InChI is InChI=1S/C13H21N3O2/c1-9(7-8-16(2)3)15-13(18)10-5-4-6-11(14)12(10)17/h4-6,9,17H,7-8,14H2,1-3H3,(H,15,18). The molecule has 0 bridgehead atoms. The van der Waals surface area contributed by atoms with Crippen LogP contribution < -0.4 is 11.1 Å². The third-order valence-electron chi connectivity index (χ3n) is 2.70. The third kappa shape index (κ3) is 3.92. The Bertz CT molecular complexity index is 419. The molecule has 0 saturated carbocycles. The van der Waals surface area contributed by atoms with Gasteiger partial charge in [0, 0.05) is 6.04 Å². The maximum absolute atomic E-state index is 11.9. The lowest BCUT2D eigenvalue weighted by Crippen LogP contribution is -2.34. The normalized spacial score (nSPS) is 12.4. The molecule has 0 saturated heterocycles. The number of phenolic OH excluding ortho intramolecular Hbond substituents is 1. The number of carbonyl (C=O) groups excluding carboxylic acids is 1. The zero-order valence-corrected chi connectivity index (χ0v) is 11.1. The first-order valence-electron chi connectivity index (χ1n) is 5.95. The predicted molar refractivity (Wildman–Crippen MR) is 72.6 cm³/mol. The van der Waals surface area contributed by atoms with Crippen molar-refractivity contribution in [3.8, 4) is 5.75 Å². The molecule has 5 heteroatoms. The Labute approximate surface area is 108 Å². The van der Waals surface area contributed by atoms with E-state index in [9.17, 15) is 9.90 Å². The third-order valence-corrected chi connectivity index (χ3v) is 2.70. The molecule has 4 N–H and O–H groups in total. The van der Waals surface area contributed by atoms with Crippen LogP contribution in [0.2, 0.25) is 0 Å². The van der Waals surface area contributed by atoms with Crippen molar-refractivity contribution in [1.29, 1.82) is 0 Å². The van der Waals surface area contributed by atoms with E-state index in [1.54, 1.807) is 18.2 Å². The molecule has 0 fully saturated rings. The average Bonchev–Trinajstić information content (AvgIpc) is 2.30. The number of rotatable bonds is 5. The fourth-order valence-corrected chi connectivity index (χ4v) is 1.57. The molecule has 100 valence electrons. The molecule has 0 aromatic heterocycles. The van der Waals surface area contributed by atoms with E-state index >= 15 is 0 Å². The number of para-hydroxylation sites is 1. The van der Waals surface area contributed by atoms with E-state index in [0.717, 1.165) is 13.0 Å². The van der Waals surface area contributed by atoms with Gasteiger partial charge in [0.2, 0.25) is 0 Å². The molecule has 0 aliphatic rings. The van der Waals surface area contributed by atoms with E-state index < -0.39 is 0 Å². The van der Waals surface area contributed by atoms with Gasteiger partial charge in [0.25, 0.3) is 5.91 Å². The number of hydrogen-bond donors (Lipinski definition) is 3. The van der Waals surface area contributed by atoms with Crippen molar-refractivity contribution in [2.24, 2.45) is 0 Å². The van der Waals surface area contributed by atoms with Crippen molar-refractivity contribution in [2.75, 3.05) is 26.4 Å². The van der Waals surface area contributed by atoms with Gasteiger partial charge in [0.15, 0.2) is 5.75 Å². The molecule has 5 nitrogen and oxygen atoms in total. The van der Waals surface area contributed by atoms with Gasteiger partial charge in [0.1, 0.15) is 0 Å². The second-order valence-electron chi connectivity index (χ2n) is 4.71. The molecular formula is C13H21N3O2. The van der Waals surface area contributed by atoms with Crippen molar-refractivity contribution in [3.05, 3.63) is 23.8 Å². The second-order valence-corrected chi connectivity index (χ2v) is 4.71. The highest BCUT2D eigenvalue weighted by molar-refractivity contribution is 5.98. The molecule has 18 heavy (non-hydrogen) atoms. The smallest absolute Gasteiger partial charge is 0.255 e. The molecule has 1 atom stereocenters. The van der Waals surface area contributed by atoms with Gasteiger partial charge in [-0.15, -0.1) is 0 Å². The number of nitrogens with zero attached hydrogens (tertiary/aromatic N) is 1. The predicted octanol–water partition coefficient (Wildman–Crippen LogP) is 1.04. The van der Waals surface area contributed by atoms with Crippen LogP contribution >= 0.6 is 0 Å². The topological polar surface area (TPSA) is 78.6 Å². The zero-order valence-electron chi connectivity index (χ0n) is 11.1. The molecule has 0 aliphatic carbocycles. The highest BCUT2D eigenvalue weighted by Gasteiger charge is 2.14. The van der Waals surface area contributed by atoms with Gasteiger partial charge in [0.05, 0.1) is 11.3 Å². The minimum Gasteiger partial charge on any atom is -0.505 e. The quantitative estimate of drug-likeness (QED) is 0.540. The maximum Gasteiger partial charge on any atom is 0.255 e. The Morgan fingerprint density at radius 3 is 2.78 bits per heavy atom. The largest absolute Gasteiger partial charge is 0.505 e. The van der Waals surface area contributed by atoms with Gasteiger partial charge in [-0.2, -0.15) is 0 Å². The second kappa shape index (κ2) is 6.26. The van der Waals surface area contributed by atoms with Crippen molar-refractivity contribution in [1.82, 2.24) is 10.2 Å². The van der Waals surface area contributed by atoms with Crippen molar-refractivity contribution >= 4 is 11.6 Å². The minimum absolute atomic E-state index is 0.0423. The Morgan fingerprint density at radius 2 is 2.17 bits per heavy atom. The molecule has 0 aliphatic heterocycles. The first-order chi connectivity index (χ1) is 8.41. The summed E-state index contributed by atoms with van der Waals surface area (Å²) in [7, 11) is 3.97. The van der Waals surface area contributed by atoms with Gasteiger partial charge < -0.3 is 21.1 Å². The summed E-state index contributed by atoms with van der Waals surface area (Å²) in [6.45, 7) is 2.83. The number of aromatic hydroxyl groups is 1. The van der Waals surface area contributed by atoms with Crippen LogP contribution in [0.5, 0.6) is 5.75 Å². The first-order valence-corrected chi connectivity index (χ1v) is 5.95. The van der Waals surface area contributed by atoms with Crippen LogP contribution in [-0.2, 0) is 0 Å². The average molecular weight is 251 g/mol. The monoisotopic (exact) mass is 251 g/mol. The SMILES string of the molecule is CC(CCN(C)C)NC(=O)c1cccc(N)c1O. The van der Waals surface area contributed by atoms with E-state index in [1.165, 1.54) is 0 Å². The summed E-state index contributed by atoms with van der Waals surface area (Å²) in [6, 6.07) is 4.80. The molecular weight excluding hydrogens is 230 g/mol. The van der Waals surface area contributed by atoms with Crippen LogP contribution in [0.1, 0.15) is 23.7 Å². The number of anilines is 1. The molecule has 1 aromatic carbocycles. The Hall–Kier alpha value is -1.75. The van der Waals surface area contributed by atoms with Crippen molar-refractivity contribution in [2.45, 2.75) is 19.4 Å². The van der Waals surface area contributed by atoms with E-state index in [-0.39, 0.29) is 28.9 Å². The summed E-state index contributed by atoms with van der Waals surface area (Å²) < 4.78 is 0. The molecule has 1 rings (SSSR count). The fourth-order valence-electron chi connectivity index (χ4n) is 1.57. The zero-order chi connectivity index (χ0) is 13.7. The number of nitrogens with two attached hydrogens (primary N) is 1. The fraction of sp³-hybridized carbons (Fsp3) is 0.462. The van der Waals surface area contributed by atoms with Crippen LogP contribution in [0.4, 0.5) is 5.69 Å². The first kappa shape index (κ1) is 14.3. The van der Waals surface area contributed by atoms with Crippen LogP contribution in [0.25, 0.3) is 0 Å². The summed E-state index contributed by atoms with van der Waals surface area (Å²) in [5.41, 5.74) is 5.98. The number of carbonyl (C=O) groups is 1. The highest BCUT2D eigenvalue weighted by Crippen LogP contribution is 2.24. The van der Waals surface area contributed by atoms with E-state index in [4.69, 9.17) is 5.73 Å². The number of hydrogen-bond acceptors (Lipinski definition) is 4. The summed E-state index contributed by atoms with van der Waals surface area (Å²) in [6.07, 6.45) is 0.849. The van der Waals surface area contributed by atoms with Crippen LogP contribution in [-0.4, -0.2) is 42.6 Å². The number of benzene rings is 1. The van der Waals surface area contributed by atoms with E-state index in [1.807, 2.05) is 21.0 Å². The van der Waals surface area contributed by atoms with Crippen molar-refractivity contribution < 1.29 is 9.90 Å². The lowest BCUT2D eigenvalue weighted by atomic mass is 10.1. The number of amides is 1. The number of nitrogen functional groups attached to an aromatic ring is 1. The van der Waals surface area contributed by atoms with Crippen molar-refractivity contribution in [3.63, 3.8) is 0 Å². The minimum atomic E-state index is -0.300. The van der Waals surface area contributed by atoms with Crippen LogP contribution in [0, 0.1) is 0 Å². The lowest BCUT2D eigenvalue weighted by molar-refractivity contribution is 0.0934. The molecule has 0 spiro atoms. The van der Waals surface area contributed by atoms with Gasteiger partial charge in [-0.05, 0) is 46.1 Å². The highest BCUT2D eigenvalue weighted by atomic mass is 16.3. The Morgan fingerprint density at radius 1 is 1.50 bits per heavy atom. The summed E-state index contributed by atoms with van der Waals surface area (Å²) in [5.74, 6) is -0.458. The van der Waals surface area contributed by atoms with E-state index in [0.29, 0.717) is 0 Å². The Kier molecular flexibility index (Phi) is 4.97. The maximum atomic E-state index is 11.9. The van der Waals surface area contributed by atoms with Crippen LogP contribution in [0.3, 0.4) is 0 Å². The molecule has 1 aromatic rings. The van der Waals surface area contributed by atoms with E-state index in [2.05, 4.69) is 10.2 Å². The van der Waals surface area contributed by atoms with Gasteiger partial charge >= 0.3 is 0 Å². The lowest BCUT2D eigenvalue weighted by Gasteiger charge is -2.17. The number of nitrogens with one attached hydrogen (secondary N) is 1. The number of phenols is 1. The van der Waals surface area contributed by atoms with Gasteiger partial charge in [-0.3, -0.25) is 4.79 Å². The summed E-state index contributed by atoms with van der Waals surface area (Å²) in [5, 5.41) is 12.5. The van der Waals surface area contributed by atoms with Gasteiger partial charge in [-0.25, -0.2) is 0 Å². The van der Waals surface area contributed by atoms with Crippen LogP contribution in [0.15, 0.2) is 18.2 Å².